The van der Waals surface area contributed by atoms with Gasteiger partial charge in [0.25, 0.3) is 0 Å². The lowest BCUT2D eigenvalue weighted by Gasteiger charge is -2.37. The van der Waals surface area contributed by atoms with Crippen molar-refractivity contribution >= 4 is 0 Å². The van der Waals surface area contributed by atoms with Crippen LogP contribution in [0, 0.1) is 5.41 Å². The van der Waals surface area contributed by atoms with Crippen molar-refractivity contribution in [2.24, 2.45) is 5.41 Å². The van der Waals surface area contributed by atoms with Gasteiger partial charge in [-0.25, -0.2) is 0 Å². The highest BCUT2D eigenvalue weighted by Gasteiger charge is 2.38. The third-order valence-electron chi connectivity index (χ3n) is 4.39. The molecule has 1 fully saturated rings. The van der Waals surface area contributed by atoms with E-state index in [0.717, 1.165) is 12.6 Å². The normalized spacial score (nSPS) is 20.9. The molecule has 1 saturated carbocycles. The molecule has 16 heavy (non-hydrogen) atoms. The molecule has 0 aromatic heterocycles. The molecule has 1 heteroatoms. The maximum Gasteiger partial charge on any atom is 0.0123 e. The summed E-state index contributed by atoms with van der Waals surface area (Å²) in [7, 11) is 0. The molecule has 1 aliphatic carbocycles. The maximum atomic E-state index is 3.82. The molecule has 1 aliphatic rings. The zero-order valence-electron chi connectivity index (χ0n) is 11.2. The van der Waals surface area contributed by atoms with Crippen LogP contribution in [0.3, 0.4) is 0 Å². The van der Waals surface area contributed by atoms with Gasteiger partial charge in [-0.15, -0.1) is 6.58 Å². The van der Waals surface area contributed by atoms with Crippen molar-refractivity contribution in [1.82, 2.24) is 5.32 Å². The molecule has 0 spiro atoms. The number of hydrogen-bond acceptors (Lipinski definition) is 1. The van der Waals surface area contributed by atoms with Crippen LogP contribution in [0.25, 0.3) is 0 Å². The van der Waals surface area contributed by atoms with Gasteiger partial charge in [-0.1, -0.05) is 32.8 Å². The molecule has 0 heterocycles. The van der Waals surface area contributed by atoms with E-state index in [1.54, 1.807) is 0 Å². The molecule has 1 rings (SSSR count). The predicted octanol–water partition coefficient (Wildman–Crippen LogP) is 4.29. The van der Waals surface area contributed by atoms with Gasteiger partial charge < -0.3 is 5.32 Å². The molecule has 1 N–H and O–H groups in total. The molecule has 0 saturated heterocycles. The van der Waals surface area contributed by atoms with Gasteiger partial charge in [-0.05, 0) is 50.5 Å². The van der Waals surface area contributed by atoms with E-state index in [0.29, 0.717) is 5.41 Å². The highest BCUT2D eigenvalue weighted by atomic mass is 14.9. The smallest absolute Gasteiger partial charge is 0.0123 e. The van der Waals surface area contributed by atoms with Crippen LogP contribution in [-0.4, -0.2) is 12.6 Å². The number of unbranched alkanes of at least 4 members (excludes halogenated alkanes) is 1. The SMILES string of the molecule is C=CCCCC(NCC)C1(CC)CCCC1. The predicted molar refractivity (Wildman–Crippen MR) is 72.7 cm³/mol. The van der Waals surface area contributed by atoms with Gasteiger partial charge in [-0.3, -0.25) is 0 Å². The summed E-state index contributed by atoms with van der Waals surface area (Å²) in [4.78, 5) is 0. The number of hydrogen-bond donors (Lipinski definition) is 1. The van der Waals surface area contributed by atoms with Gasteiger partial charge in [0.2, 0.25) is 0 Å². The fourth-order valence-corrected chi connectivity index (χ4v) is 3.37. The van der Waals surface area contributed by atoms with Crippen molar-refractivity contribution < 1.29 is 0 Å². The Morgan fingerprint density at radius 2 is 2.00 bits per heavy atom. The number of nitrogens with one attached hydrogen (secondary N) is 1. The van der Waals surface area contributed by atoms with Crippen LogP contribution < -0.4 is 5.32 Å². The molecule has 1 atom stereocenters. The van der Waals surface area contributed by atoms with Gasteiger partial charge >= 0.3 is 0 Å². The summed E-state index contributed by atoms with van der Waals surface area (Å²) >= 11 is 0. The molecular formula is C15H29N. The highest BCUT2D eigenvalue weighted by molar-refractivity contribution is 4.93. The van der Waals surface area contributed by atoms with Crippen molar-refractivity contribution in [3.63, 3.8) is 0 Å². The Hall–Kier alpha value is -0.300. The standard InChI is InChI=1S/C15H29N/c1-4-7-8-11-14(16-6-3)15(5-2)12-9-10-13-15/h4,14,16H,1,5-13H2,2-3H3. The molecule has 0 amide bonds. The quantitative estimate of drug-likeness (QED) is 0.478. The Morgan fingerprint density at radius 1 is 1.31 bits per heavy atom. The largest absolute Gasteiger partial charge is 0.314 e. The Morgan fingerprint density at radius 3 is 2.50 bits per heavy atom. The fourth-order valence-electron chi connectivity index (χ4n) is 3.37. The molecular weight excluding hydrogens is 194 g/mol. The summed E-state index contributed by atoms with van der Waals surface area (Å²) in [5.41, 5.74) is 0.608. The van der Waals surface area contributed by atoms with Crippen molar-refractivity contribution in [3.8, 4) is 0 Å². The van der Waals surface area contributed by atoms with Gasteiger partial charge in [0.1, 0.15) is 0 Å². The number of allylic oxidation sites excluding steroid dienone is 1. The Labute approximate surface area is 102 Å². The van der Waals surface area contributed by atoms with Crippen LogP contribution in [0.15, 0.2) is 12.7 Å². The van der Waals surface area contributed by atoms with Crippen LogP contribution in [0.2, 0.25) is 0 Å². The first kappa shape index (κ1) is 13.8. The maximum absolute atomic E-state index is 3.82. The number of rotatable bonds is 8. The first-order valence-electron chi connectivity index (χ1n) is 7.13. The second-order valence-electron chi connectivity index (χ2n) is 5.25. The minimum Gasteiger partial charge on any atom is -0.314 e. The van der Waals surface area contributed by atoms with Crippen molar-refractivity contribution in [2.45, 2.75) is 71.3 Å². The molecule has 0 aromatic rings. The van der Waals surface area contributed by atoms with E-state index in [1.807, 2.05) is 0 Å². The molecule has 0 aliphatic heterocycles. The van der Waals surface area contributed by atoms with Crippen LogP contribution >= 0.6 is 0 Å². The van der Waals surface area contributed by atoms with Crippen LogP contribution in [0.4, 0.5) is 0 Å². The van der Waals surface area contributed by atoms with Crippen LogP contribution in [0.5, 0.6) is 0 Å². The summed E-state index contributed by atoms with van der Waals surface area (Å²) in [5.74, 6) is 0. The molecule has 0 radical (unpaired) electrons. The lowest BCUT2D eigenvalue weighted by atomic mass is 9.74. The van der Waals surface area contributed by atoms with E-state index in [2.05, 4.69) is 31.8 Å². The van der Waals surface area contributed by atoms with Crippen molar-refractivity contribution in [3.05, 3.63) is 12.7 Å². The topological polar surface area (TPSA) is 12.0 Å². The summed E-state index contributed by atoms with van der Waals surface area (Å²) in [6.45, 7) is 9.54. The van der Waals surface area contributed by atoms with Gasteiger partial charge in [0.05, 0.1) is 0 Å². The van der Waals surface area contributed by atoms with Gasteiger partial charge in [-0.2, -0.15) is 0 Å². The second kappa shape index (κ2) is 7.11. The van der Waals surface area contributed by atoms with E-state index < -0.39 is 0 Å². The average Bonchev–Trinajstić information content (AvgIpc) is 2.78. The van der Waals surface area contributed by atoms with E-state index in [9.17, 15) is 0 Å². The summed E-state index contributed by atoms with van der Waals surface area (Å²) < 4.78 is 0. The molecule has 94 valence electrons. The minimum absolute atomic E-state index is 0.608. The Balaban J connectivity index is 2.54. The van der Waals surface area contributed by atoms with Gasteiger partial charge in [0, 0.05) is 6.04 Å². The lowest BCUT2D eigenvalue weighted by molar-refractivity contribution is 0.176. The zero-order valence-corrected chi connectivity index (χ0v) is 11.2. The summed E-state index contributed by atoms with van der Waals surface area (Å²) in [5, 5.41) is 3.74. The van der Waals surface area contributed by atoms with E-state index in [4.69, 9.17) is 0 Å². The third kappa shape index (κ3) is 3.35. The van der Waals surface area contributed by atoms with Gasteiger partial charge in [0.15, 0.2) is 0 Å². The monoisotopic (exact) mass is 223 g/mol. The second-order valence-corrected chi connectivity index (χ2v) is 5.25. The Bertz CT molecular complexity index is 192. The van der Waals surface area contributed by atoms with Crippen LogP contribution in [0.1, 0.15) is 65.2 Å². The summed E-state index contributed by atoms with van der Waals surface area (Å²) in [6, 6.07) is 0.741. The van der Waals surface area contributed by atoms with Crippen molar-refractivity contribution in [2.75, 3.05) is 6.54 Å². The highest BCUT2D eigenvalue weighted by Crippen LogP contribution is 2.45. The minimum atomic E-state index is 0.608. The van der Waals surface area contributed by atoms with E-state index in [1.165, 1.54) is 51.4 Å². The first-order chi connectivity index (χ1) is 7.79. The van der Waals surface area contributed by atoms with E-state index >= 15 is 0 Å². The fraction of sp³-hybridized carbons (Fsp3) is 0.867. The third-order valence-corrected chi connectivity index (χ3v) is 4.39. The first-order valence-corrected chi connectivity index (χ1v) is 7.13. The zero-order chi connectivity index (χ0) is 11.9. The Kier molecular flexibility index (Phi) is 6.12. The molecule has 1 unspecified atom stereocenters. The molecule has 0 aromatic carbocycles. The van der Waals surface area contributed by atoms with Crippen molar-refractivity contribution in [1.29, 1.82) is 0 Å². The summed E-state index contributed by atoms with van der Waals surface area (Å²) in [6.07, 6.45) is 13.0. The average molecular weight is 223 g/mol. The van der Waals surface area contributed by atoms with E-state index in [-0.39, 0.29) is 0 Å². The molecule has 1 nitrogen and oxygen atoms in total. The molecule has 0 bridgehead atoms. The lowest BCUT2D eigenvalue weighted by Crippen LogP contribution is -2.43. The van der Waals surface area contributed by atoms with Crippen LogP contribution in [-0.2, 0) is 0 Å².